The first-order chi connectivity index (χ1) is 14.3. The number of nitrogens with one attached hydrogen (secondary N) is 1. The quantitative estimate of drug-likeness (QED) is 0.505. The zero-order valence-corrected chi connectivity index (χ0v) is 16.9. The van der Waals surface area contributed by atoms with Gasteiger partial charge in [0.25, 0.3) is 5.56 Å². The van der Waals surface area contributed by atoms with Gasteiger partial charge in [0.1, 0.15) is 0 Å². The van der Waals surface area contributed by atoms with Gasteiger partial charge in [-0.2, -0.15) is 0 Å². The number of aromatic nitrogens is 1. The van der Waals surface area contributed by atoms with Crippen LogP contribution in [-0.4, -0.2) is 42.7 Å². The summed E-state index contributed by atoms with van der Waals surface area (Å²) < 4.78 is 5.42. The molecule has 0 spiro atoms. The van der Waals surface area contributed by atoms with Gasteiger partial charge >= 0.3 is 0 Å². The highest BCUT2D eigenvalue weighted by Gasteiger charge is 2.24. The number of ether oxygens (including phenoxy) is 1. The number of hydrogen-bond donors (Lipinski definition) is 1. The Bertz CT molecular complexity index is 1080. The van der Waals surface area contributed by atoms with Gasteiger partial charge in [-0.05, 0) is 54.0 Å². The standard InChI is InChI=1S/C25H28N2O2/c28-25-21-10-4-3-9-19(21)23-17-22-18(8-6-11-20(22)24(23)26-25)7-2-1-5-12-27-13-15-29-16-14-27/h3-4,6,8-11H,1-2,5,7,12-17H2,(H,26,28). The van der Waals surface area contributed by atoms with E-state index in [9.17, 15) is 4.79 Å². The number of unbranched alkanes of at least 4 members (excludes halogenated alkanes) is 2. The summed E-state index contributed by atoms with van der Waals surface area (Å²) in [5.41, 5.74) is 6.37. The molecule has 150 valence electrons. The second-order valence-electron chi connectivity index (χ2n) is 8.24. The van der Waals surface area contributed by atoms with Gasteiger partial charge in [-0.25, -0.2) is 0 Å². The van der Waals surface area contributed by atoms with Crippen molar-refractivity contribution in [1.29, 1.82) is 0 Å². The molecule has 1 saturated heterocycles. The molecule has 29 heavy (non-hydrogen) atoms. The fourth-order valence-corrected chi connectivity index (χ4v) is 4.89. The second-order valence-corrected chi connectivity index (χ2v) is 8.24. The molecule has 0 atom stereocenters. The van der Waals surface area contributed by atoms with E-state index in [2.05, 4.69) is 34.1 Å². The van der Waals surface area contributed by atoms with Crippen LogP contribution in [0.15, 0.2) is 47.3 Å². The van der Waals surface area contributed by atoms with Gasteiger partial charge in [-0.15, -0.1) is 0 Å². The number of nitrogens with zero attached hydrogens (tertiary/aromatic N) is 1. The number of aromatic amines is 1. The molecular formula is C25H28N2O2. The Morgan fingerprint density at radius 1 is 0.897 bits per heavy atom. The third-order valence-corrected chi connectivity index (χ3v) is 6.46. The molecule has 0 bridgehead atoms. The largest absolute Gasteiger partial charge is 0.379 e. The van der Waals surface area contributed by atoms with E-state index in [4.69, 9.17) is 4.74 Å². The van der Waals surface area contributed by atoms with Crippen LogP contribution in [0.25, 0.3) is 22.0 Å². The Labute approximate surface area is 171 Å². The van der Waals surface area contributed by atoms with Gasteiger partial charge < -0.3 is 9.72 Å². The number of pyridine rings is 1. The molecule has 1 aliphatic heterocycles. The van der Waals surface area contributed by atoms with Crippen LogP contribution in [0.4, 0.5) is 0 Å². The first-order valence-corrected chi connectivity index (χ1v) is 10.9. The molecule has 1 N–H and O–H groups in total. The number of fused-ring (bicyclic) bond motifs is 5. The number of aryl methyl sites for hydroxylation is 1. The van der Waals surface area contributed by atoms with Gasteiger partial charge in [0.15, 0.2) is 0 Å². The number of hydrogen-bond acceptors (Lipinski definition) is 3. The molecule has 0 unspecified atom stereocenters. The van der Waals surface area contributed by atoms with Crippen LogP contribution in [0.5, 0.6) is 0 Å². The van der Waals surface area contributed by atoms with E-state index in [-0.39, 0.29) is 5.56 Å². The predicted molar refractivity (Wildman–Crippen MR) is 118 cm³/mol. The molecular weight excluding hydrogens is 360 g/mol. The minimum absolute atomic E-state index is 0.0146. The van der Waals surface area contributed by atoms with E-state index in [1.807, 2.05) is 18.2 Å². The monoisotopic (exact) mass is 388 g/mol. The number of H-pyrrole nitrogens is 1. The molecule has 2 aliphatic rings. The fourth-order valence-electron chi connectivity index (χ4n) is 4.89. The molecule has 1 fully saturated rings. The van der Waals surface area contributed by atoms with Crippen molar-refractivity contribution < 1.29 is 4.74 Å². The van der Waals surface area contributed by atoms with Crippen LogP contribution in [0.2, 0.25) is 0 Å². The maximum atomic E-state index is 12.5. The lowest BCUT2D eigenvalue weighted by atomic mass is 9.97. The maximum Gasteiger partial charge on any atom is 0.256 e. The molecule has 0 saturated carbocycles. The first kappa shape index (κ1) is 18.6. The topological polar surface area (TPSA) is 45.3 Å². The molecule has 2 aromatic carbocycles. The smallest absolute Gasteiger partial charge is 0.256 e. The number of rotatable bonds is 6. The summed E-state index contributed by atoms with van der Waals surface area (Å²) in [6.07, 6.45) is 5.77. The van der Waals surface area contributed by atoms with Crippen LogP contribution in [0.3, 0.4) is 0 Å². The van der Waals surface area contributed by atoms with Crippen molar-refractivity contribution in [2.24, 2.45) is 0 Å². The summed E-state index contributed by atoms with van der Waals surface area (Å²) in [7, 11) is 0. The van der Waals surface area contributed by atoms with E-state index in [1.54, 1.807) is 0 Å². The molecule has 4 heteroatoms. The summed E-state index contributed by atoms with van der Waals surface area (Å²) in [4.78, 5) is 18.2. The molecule has 3 aromatic rings. The molecule has 1 aromatic heterocycles. The summed E-state index contributed by atoms with van der Waals surface area (Å²) in [6.45, 7) is 5.11. The summed E-state index contributed by atoms with van der Waals surface area (Å²) >= 11 is 0. The molecule has 4 nitrogen and oxygen atoms in total. The van der Waals surface area contributed by atoms with Crippen molar-refractivity contribution in [3.8, 4) is 11.3 Å². The lowest BCUT2D eigenvalue weighted by molar-refractivity contribution is 0.0371. The van der Waals surface area contributed by atoms with Gasteiger partial charge in [0.05, 0.1) is 18.9 Å². The van der Waals surface area contributed by atoms with Crippen LogP contribution < -0.4 is 5.56 Å². The summed E-state index contributed by atoms with van der Waals surface area (Å²) in [6, 6.07) is 14.5. The van der Waals surface area contributed by atoms with Crippen molar-refractivity contribution in [2.45, 2.75) is 32.1 Å². The van der Waals surface area contributed by atoms with E-state index in [0.29, 0.717) is 0 Å². The Morgan fingerprint density at radius 2 is 1.72 bits per heavy atom. The lowest BCUT2D eigenvalue weighted by Crippen LogP contribution is -2.36. The second kappa shape index (κ2) is 8.13. The maximum absolute atomic E-state index is 12.5. The van der Waals surface area contributed by atoms with Gasteiger partial charge in [0.2, 0.25) is 0 Å². The minimum atomic E-state index is 0.0146. The van der Waals surface area contributed by atoms with Crippen LogP contribution in [0, 0.1) is 0 Å². The van der Waals surface area contributed by atoms with Crippen LogP contribution in [0.1, 0.15) is 36.0 Å². The highest BCUT2D eigenvalue weighted by molar-refractivity contribution is 5.93. The minimum Gasteiger partial charge on any atom is -0.379 e. The molecule has 0 radical (unpaired) electrons. The Morgan fingerprint density at radius 3 is 2.59 bits per heavy atom. The Balaban J connectivity index is 1.29. The lowest BCUT2D eigenvalue weighted by Gasteiger charge is -2.26. The predicted octanol–water partition coefficient (Wildman–Crippen LogP) is 4.14. The summed E-state index contributed by atoms with van der Waals surface area (Å²) in [5, 5.41) is 1.89. The zero-order chi connectivity index (χ0) is 19.6. The van der Waals surface area contributed by atoms with Crippen molar-refractivity contribution in [2.75, 3.05) is 32.8 Å². The Kier molecular flexibility index (Phi) is 5.21. The highest BCUT2D eigenvalue weighted by Crippen LogP contribution is 2.39. The van der Waals surface area contributed by atoms with Gasteiger partial charge in [-0.3, -0.25) is 9.69 Å². The van der Waals surface area contributed by atoms with Crippen molar-refractivity contribution in [3.63, 3.8) is 0 Å². The van der Waals surface area contributed by atoms with Gasteiger partial charge in [-0.1, -0.05) is 42.8 Å². The van der Waals surface area contributed by atoms with E-state index >= 15 is 0 Å². The third-order valence-electron chi connectivity index (χ3n) is 6.46. The van der Waals surface area contributed by atoms with Crippen molar-refractivity contribution in [1.82, 2.24) is 9.88 Å². The third kappa shape index (κ3) is 3.63. The van der Waals surface area contributed by atoms with E-state index < -0.39 is 0 Å². The molecule has 0 amide bonds. The molecule has 5 rings (SSSR count). The van der Waals surface area contributed by atoms with Crippen LogP contribution >= 0.6 is 0 Å². The number of benzene rings is 2. The number of morpholine rings is 1. The molecule has 1 aliphatic carbocycles. The zero-order valence-electron chi connectivity index (χ0n) is 16.9. The molecule has 2 heterocycles. The van der Waals surface area contributed by atoms with Crippen LogP contribution in [-0.2, 0) is 17.6 Å². The van der Waals surface area contributed by atoms with E-state index in [1.165, 1.54) is 48.1 Å². The fraction of sp³-hybridized carbons (Fsp3) is 0.400. The summed E-state index contributed by atoms with van der Waals surface area (Å²) in [5.74, 6) is 0. The van der Waals surface area contributed by atoms with Gasteiger partial charge in [0, 0.05) is 30.5 Å². The average molecular weight is 389 g/mol. The first-order valence-electron chi connectivity index (χ1n) is 10.9. The van der Waals surface area contributed by atoms with E-state index in [0.717, 1.165) is 55.6 Å². The SMILES string of the molecule is O=c1[nH]c2c(c3ccccc13)Cc1c(CCCCCN3CCOCC3)cccc1-2. The average Bonchev–Trinajstić information content (AvgIpc) is 3.14. The highest BCUT2D eigenvalue weighted by atomic mass is 16.5. The Hall–Kier alpha value is -2.43. The van der Waals surface area contributed by atoms with Crippen molar-refractivity contribution >= 4 is 10.8 Å². The van der Waals surface area contributed by atoms with Crippen molar-refractivity contribution in [3.05, 3.63) is 69.5 Å². The normalized spacial score (nSPS) is 16.1.